The maximum Gasteiger partial charge on any atom is 0.249 e. The van der Waals surface area contributed by atoms with Crippen LogP contribution in [0.3, 0.4) is 0 Å². The number of amides is 1. The van der Waals surface area contributed by atoms with Crippen LogP contribution >= 0.6 is 0 Å². The summed E-state index contributed by atoms with van der Waals surface area (Å²) in [6.45, 7) is 4.69. The van der Waals surface area contributed by atoms with Crippen LogP contribution in [-0.4, -0.2) is 55.9 Å². The van der Waals surface area contributed by atoms with Gasteiger partial charge in [-0.15, -0.1) is 0 Å². The number of fused-ring (bicyclic) bond motifs is 3. The van der Waals surface area contributed by atoms with E-state index in [1.165, 1.54) is 0 Å². The molecule has 7 atom stereocenters. The van der Waals surface area contributed by atoms with Crippen molar-refractivity contribution in [3.63, 3.8) is 0 Å². The molecule has 1 aromatic rings. The molecule has 1 N–H and O–H groups in total. The zero-order chi connectivity index (χ0) is 18.1. The van der Waals surface area contributed by atoms with Gasteiger partial charge in [-0.1, -0.05) is 37.3 Å². The number of ether oxygens (including phenoxy) is 5. The molecular weight excluding hydrogens is 338 g/mol. The van der Waals surface area contributed by atoms with Gasteiger partial charge in [0.1, 0.15) is 30.5 Å². The normalized spacial score (nSPS) is 39.6. The van der Waals surface area contributed by atoms with Crippen molar-refractivity contribution in [2.24, 2.45) is 0 Å². The van der Waals surface area contributed by atoms with Gasteiger partial charge in [-0.25, -0.2) is 0 Å². The summed E-state index contributed by atoms with van der Waals surface area (Å²) in [4.78, 5) is 12.1. The van der Waals surface area contributed by atoms with Crippen LogP contribution < -0.4 is 5.32 Å². The van der Waals surface area contributed by atoms with E-state index in [1.54, 1.807) is 6.92 Å². The average Bonchev–Trinajstić information content (AvgIpc) is 2.68. The number of morpholine rings is 1. The summed E-state index contributed by atoms with van der Waals surface area (Å²) in [5, 5.41) is 2.98. The highest BCUT2D eigenvalue weighted by Gasteiger charge is 2.54. The number of benzene rings is 1. The first-order chi connectivity index (χ1) is 12.7. The minimum absolute atomic E-state index is 0.162. The molecule has 0 saturated carbocycles. The van der Waals surface area contributed by atoms with Crippen LogP contribution in [0.4, 0.5) is 0 Å². The molecule has 1 amide bonds. The third-order valence-corrected chi connectivity index (χ3v) is 4.94. The van der Waals surface area contributed by atoms with Crippen molar-refractivity contribution in [2.45, 2.75) is 63.3 Å². The molecule has 4 rings (SSSR count). The number of nitrogens with one attached hydrogen (secondary N) is 1. The SMILES string of the molecule is CCCO[C@@H]1O[C@@H]2CO[C@@H](c3ccccc3)O[C@H]2[C@@H]2O[C@H](C)C(=O)N[C@@H]12. The molecule has 0 radical (unpaired) electrons. The fourth-order valence-corrected chi connectivity index (χ4v) is 3.62. The summed E-state index contributed by atoms with van der Waals surface area (Å²) in [6, 6.07) is 9.37. The summed E-state index contributed by atoms with van der Waals surface area (Å²) in [5.74, 6) is -0.162. The first kappa shape index (κ1) is 17.9. The lowest BCUT2D eigenvalue weighted by atomic mass is 9.93. The van der Waals surface area contributed by atoms with Gasteiger partial charge in [0, 0.05) is 12.2 Å². The van der Waals surface area contributed by atoms with Gasteiger partial charge in [0.25, 0.3) is 0 Å². The zero-order valence-electron chi connectivity index (χ0n) is 15.0. The molecular formula is C19H25NO6. The second kappa shape index (κ2) is 7.62. The van der Waals surface area contributed by atoms with Crippen LogP contribution in [0.2, 0.25) is 0 Å². The Labute approximate surface area is 152 Å². The van der Waals surface area contributed by atoms with Crippen molar-refractivity contribution in [1.29, 1.82) is 0 Å². The standard InChI is InChI=1S/C19H25NO6/c1-3-9-22-19-14-16(24-11(2)17(21)20-14)15-13(25-19)10-23-18(26-15)12-7-5-4-6-8-12/h4-8,11,13-16,18-19H,3,9-10H2,1-2H3,(H,20,21)/t11-,13-,14-,15-,16-,18-,19-/m1/s1. The maximum absolute atomic E-state index is 12.1. The van der Waals surface area contributed by atoms with Crippen molar-refractivity contribution in [3.05, 3.63) is 35.9 Å². The molecule has 3 saturated heterocycles. The van der Waals surface area contributed by atoms with Gasteiger partial charge in [-0.3, -0.25) is 4.79 Å². The Morgan fingerprint density at radius 3 is 2.73 bits per heavy atom. The van der Waals surface area contributed by atoms with Gasteiger partial charge in [0.2, 0.25) is 5.91 Å². The maximum atomic E-state index is 12.1. The topological polar surface area (TPSA) is 75.2 Å². The third kappa shape index (κ3) is 3.37. The fourth-order valence-electron chi connectivity index (χ4n) is 3.62. The van der Waals surface area contributed by atoms with Crippen LogP contribution in [0.1, 0.15) is 32.1 Å². The Kier molecular flexibility index (Phi) is 5.24. The molecule has 3 heterocycles. The highest BCUT2D eigenvalue weighted by atomic mass is 16.8. The van der Waals surface area contributed by atoms with E-state index in [0.29, 0.717) is 13.2 Å². The number of hydrogen-bond donors (Lipinski definition) is 1. The van der Waals surface area contributed by atoms with Gasteiger partial charge in [-0.05, 0) is 13.3 Å². The molecule has 0 spiro atoms. The van der Waals surface area contributed by atoms with E-state index in [2.05, 4.69) is 5.32 Å². The summed E-state index contributed by atoms with van der Waals surface area (Å²) in [7, 11) is 0. The van der Waals surface area contributed by atoms with Crippen molar-refractivity contribution in [1.82, 2.24) is 5.32 Å². The van der Waals surface area contributed by atoms with E-state index in [1.807, 2.05) is 37.3 Å². The lowest BCUT2D eigenvalue weighted by Crippen LogP contribution is -2.71. The molecule has 7 heteroatoms. The molecule has 0 aliphatic carbocycles. The smallest absolute Gasteiger partial charge is 0.249 e. The van der Waals surface area contributed by atoms with Crippen LogP contribution in [0, 0.1) is 0 Å². The third-order valence-electron chi connectivity index (χ3n) is 4.94. The van der Waals surface area contributed by atoms with Crippen LogP contribution in [0.25, 0.3) is 0 Å². The van der Waals surface area contributed by atoms with Crippen molar-refractivity contribution in [2.75, 3.05) is 13.2 Å². The van der Waals surface area contributed by atoms with E-state index in [4.69, 9.17) is 23.7 Å². The summed E-state index contributed by atoms with van der Waals surface area (Å²) >= 11 is 0. The van der Waals surface area contributed by atoms with E-state index < -0.39 is 24.7 Å². The largest absolute Gasteiger partial charge is 0.360 e. The van der Waals surface area contributed by atoms with Crippen LogP contribution in [0.15, 0.2) is 30.3 Å². The first-order valence-electron chi connectivity index (χ1n) is 9.22. The minimum Gasteiger partial charge on any atom is -0.360 e. The predicted octanol–water partition coefficient (Wildman–Crippen LogP) is 1.52. The Balaban J connectivity index is 1.55. The van der Waals surface area contributed by atoms with Gasteiger partial charge in [0.15, 0.2) is 12.6 Å². The van der Waals surface area contributed by atoms with Gasteiger partial charge in [0.05, 0.1) is 6.61 Å². The Morgan fingerprint density at radius 1 is 1.15 bits per heavy atom. The Bertz CT molecular complexity index is 626. The second-order valence-electron chi connectivity index (χ2n) is 6.87. The summed E-state index contributed by atoms with van der Waals surface area (Å²) in [6.07, 6.45) is -1.73. The quantitative estimate of drug-likeness (QED) is 0.874. The highest BCUT2D eigenvalue weighted by molar-refractivity contribution is 5.81. The van der Waals surface area contributed by atoms with Gasteiger partial charge in [-0.2, -0.15) is 0 Å². The minimum atomic E-state index is -0.571. The van der Waals surface area contributed by atoms with Crippen molar-refractivity contribution >= 4 is 5.91 Å². The molecule has 3 fully saturated rings. The first-order valence-corrected chi connectivity index (χ1v) is 9.22. The number of carbonyl (C=O) groups excluding carboxylic acids is 1. The molecule has 7 nitrogen and oxygen atoms in total. The average molecular weight is 363 g/mol. The summed E-state index contributed by atoms with van der Waals surface area (Å²) in [5.41, 5.74) is 0.944. The molecule has 0 unspecified atom stereocenters. The van der Waals surface area contributed by atoms with E-state index in [-0.39, 0.29) is 24.2 Å². The number of rotatable bonds is 4. The number of carbonyl (C=O) groups is 1. The predicted molar refractivity (Wildman–Crippen MR) is 91.2 cm³/mol. The molecule has 0 bridgehead atoms. The van der Waals surface area contributed by atoms with Crippen LogP contribution in [-0.2, 0) is 28.5 Å². The van der Waals surface area contributed by atoms with Crippen LogP contribution in [0.5, 0.6) is 0 Å². The Hall–Kier alpha value is -1.51. The van der Waals surface area contributed by atoms with E-state index >= 15 is 0 Å². The molecule has 1 aromatic carbocycles. The lowest BCUT2D eigenvalue weighted by molar-refractivity contribution is -0.354. The number of hydrogen-bond acceptors (Lipinski definition) is 6. The van der Waals surface area contributed by atoms with Gasteiger partial charge < -0.3 is 29.0 Å². The molecule has 142 valence electrons. The monoisotopic (exact) mass is 363 g/mol. The Morgan fingerprint density at radius 2 is 1.96 bits per heavy atom. The highest BCUT2D eigenvalue weighted by Crippen LogP contribution is 2.37. The molecule has 3 aliphatic rings. The van der Waals surface area contributed by atoms with Gasteiger partial charge >= 0.3 is 0 Å². The molecule has 26 heavy (non-hydrogen) atoms. The van der Waals surface area contributed by atoms with Crippen molar-refractivity contribution < 1.29 is 28.5 Å². The molecule has 3 aliphatic heterocycles. The fraction of sp³-hybridized carbons (Fsp3) is 0.632. The summed E-state index contributed by atoms with van der Waals surface area (Å²) < 4.78 is 30.0. The zero-order valence-corrected chi connectivity index (χ0v) is 15.0. The lowest BCUT2D eigenvalue weighted by Gasteiger charge is -2.51. The van der Waals surface area contributed by atoms with E-state index in [9.17, 15) is 4.79 Å². The molecule has 0 aromatic heterocycles. The van der Waals surface area contributed by atoms with Crippen molar-refractivity contribution in [3.8, 4) is 0 Å². The second-order valence-corrected chi connectivity index (χ2v) is 6.87. The van der Waals surface area contributed by atoms with E-state index in [0.717, 1.165) is 12.0 Å².